The lowest BCUT2D eigenvalue weighted by atomic mass is 10.1. The third kappa shape index (κ3) is 6.49. The first-order valence-corrected chi connectivity index (χ1v) is 9.07. The highest BCUT2D eigenvalue weighted by molar-refractivity contribution is 14.0. The summed E-state index contributed by atoms with van der Waals surface area (Å²) >= 11 is 2.05. The fourth-order valence-electron chi connectivity index (χ4n) is 2.69. The van der Waals surface area contributed by atoms with Crippen molar-refractivity contribution in [3.05, 3.63) is 29.6 Å². The number of aryl methyl sites for hydroxylation is 1. The summed E-state index contributed by atoms with van der Waals surface area (Å²) in [6.07, 6.45) is 4.76. The fraction of sp³-hybridized carbons (Fsp3) is 0.647. The highest BCUT2D eigenvalue weighted by atomic mass is 127. The number of aromatic nitrogens is 1. The molecule has 0 spiro atoms. The summed E-state index contributed by atoms with van der Waals surface area (Å²) in [5, 5.41) is 3.45. The van der Waals surface area contributed by atoms with Gasteiger partial charge in [0.15, 0.2) is 5.96 Å². The van der Waals surface area contributed by atoms with Gasteiger partial charge in [-0.05, 0) is 51.3 Å². The van der Waals surface area contributed by atoms with E-state index in [0.29, 0.717) is 4.75 Å². The minimum atomic E-state index is 0. The van der Waals surface area contributed by atoms with Crippen molar-refractivity contribution in [1.82, 2.24) is 15.2 Å². The van der Waals surface area contributed by atoms with Gasteiger partial charge in [-0.25, -0.2) is 0 Å². The number of guanidine groups is 1. The minimum Gasteiger partial charge on any atom is -0.357 e. The van der Waals surface area contributed by atoms with Gasteiger partial charge in [0.2, 0.25) is 0 Å². The maximum Gasteiger partial charge on any atom is 0.193 e. The molecule has 1 aromatic heterocycles. The molecule has 23 heavy (non-hydrogen) atoms. The molecular formula is C17H29IN4S. The number of aliphatic imine (C=N–C) groups is 1. The normalized spacial score (nSPS) is 17.6. The largest absolute Gasteiger partial charge is 0.357 e. The van der Waals surface area contributed by atoms with Gasteiger partial charge >= 0.3 is 0 Å². The summed E-state index contributed by atoms with van der Waals surface area (Å²) in [5.41, 5.74) is 2.59. The van der Waals surface area contributed by atoms with Crippen LogP contribution in [0.2, 0.25) is 0 Å². The van der Waals surface area contributed by atoms with Crippen LogP contribution in [0.15, 0.2) is 23.5 Å². The molecule has 0 aliphatic carbocycles. The molecule has 0 radical (unpaired) electrons. The van der Waals surface area contributed by atoms with Gasteiger partial charge in [-0.15, -0.1) is 24.0 Å². The van der Waals surface area contributed by atoms with E-state index in [1.54, 1.807) is 0 Å². The molecule has 0 atom stereocenters. The molecule has 0 unspecified atom stereocenters. The number of thioether (sulfide) groups is 1. The highest BCUT2D eigenvalue weighted by Gasteiger charge is 2.28. The maximum absolute atomic E-state index is 4.84. The lowest BCUT2D eigenvalue weighted by molar-refractivity contribution is 0.376. The van der Waals surface area contributed by atoms with Crippen molar-refractivity contribution in [1.29, 1.82) is 0 Å². The zero-order valence-corrected chi connectivity index (χ0v) is 17.8. The standard InChI is InChI=1S/C17H28N4S.HI/c1-5-19-16(21-10-11-22-17(3,4)13-21)20-9-7-15-6-8-18-12-14(15)2;/h6,8,12H,5,7,9-11,13H2,1-4H3,(H,19,20);1H. The Labute approximate surface area is 161 Å². The van der Waals surface area contributed by atoms with Crippen molar-refractivity contribution < 1.29 is 0 Å². The summed E-state index contributed by atoms with van der Waals surface area (Å²) in [5.74, 6) is 2.23. The Hall–Kier alpha value is -0.500. The maximum atomic E-state index is 4.84. The van der Waals surface area contributed by atoms with Crippen LogP contribution in [0.4, 0.5) is 0 Å². The molecule has 1 aliphatic rings. The lowest BCUT2D eigenvalue weighted by Gasteiger charge is -2.39. The topological polar surface area (TPSA) is 40.5 Å². The monoisotopic (exact) mass is 448 g/mol. The molecule has 4 nitrogen and oxygen atoms in total. The van der Waals surface area contributed by atoms with Gasteiger partial charge in [0.25, 0.3) is 0 Å². The summed E-state index contributed by atoms with van der Waals surface area (Å²) in [6, 6.07) is 2.10. The zero-order chi connectivity index (χ0) is 16.0. The van der Waals surface area contributed by atoms with Crippen LogP contribution in [0.5, 0.6) is 0 Å². The predicted molar refractivity (Wildman–Crippen MR) is 112 cm³/mol. The molecule has 1 aliphatic heterocycles. The summed E-state index contributed by atoms with van der Waals surface area (Å²) < 4.78 is 0.302. The first-order chi connectivity index (χ1) is 10.5. The van der Waals surface area contributed by atoms with E-state index in [1.165, 1.54) is 16.9 Å². The number of hydrogen-bond donors (Lipinski definition) is 1. The third-order valence-electron chi connectivity index (χ3n) is 3.84. The Morgan fingerprint density at radius 1 is 1.48 bits per heavy atom. The molecule has 1 aromatic rings. The first kappa shape index (κ1) is 20.5. The lowest BCUT2D eigenvalue weighted by Crippen LogP contribution is -2.51. The highest BCUT2D eigenvalue weighted by Crippen LogP contribution is 2.29. The molecular weight excluding hydrogens is 419 g/mol. The number of nitrogens with one attached hydrogen (secondary N) is 1. The van der Waals surface area contributed by atoms with Crippen LogP contribution in [0, 0.1) is 6.92 Å². The van der Waals surface area contributed by atoms with E-state index in [9.17, 15) is 0 Å². The average molecular weight is 448 g/mol. The summed E-state index contributed by atoms with van der Waals surface area (Å²) in [6.45, 7) is 12.7. The molecule has 0 aromatic carbocycles. The smallest absolute Gasteiger partial charge is 0.193 e. The number of rotatable bonds is 4. The summed E-state index contributed by atoms with van der Waals surface area (Å²) in [4.78, 5) is 11.4. The number of halogens is 1. The van der Waals surface area contributed by atoms with Gasteiger partial charge < -0.3 is 10.2 Å². The third-order valence-corrected chi connectivity index (χ3v) is 5.14. The van der Waals surface area contributed by atoms with Gasteiger partial charge in [-0.3, -0.25) is 9.98 Å². The SMILES string of the molecule is CCNC(=NCCc1ccncc1C)N1CCSC(C)(C)C1.I. The second-order valence-electron chi connectivity index (χ2n) is 6.32. The van der Waals surface area contributed by atoms with Crippen LogP contribution in [-0.4, -0.2) is 52.5 Å². The molecule has 2 heterocycles. The molecule has 0 bridgehead atoms. The molecule has 0 saturated carbocycles. The number of nitrogens with zero attached hydrogens (tertiary/aromatic N) is 3. The number of pyridine rings is 1. The Morgan fingerprint density at radius 3 is 2.91 bits per heavy atom. The first-order valence-electron chi connectivity index (χ1n) is 8.08. The molecule has 1 fully saturated rings. The second-order valence-corrected chi connectivity index (χ2v) is 8.12. The van der Waals surface area contributed by atoms with E-state index in [4.69, 9.17) is 4.99 Å². The number of hydrogen-bond acceptors (Lipinski definition) is 3. The van der Waals surface area contributed by atoms with Crippen molar-refractivity contribution in [3.8, 4) is 0 Å². The van der Waals surface area contributed by atoms with Gasteiger partial charge in [0, 0.05) is 49.1 Å². The molecule has 1 saturated heterocycles. The Kier molecular flexibility index (Phi) is 8.68. The quantitative estimate of drug-likeness (QED) is 0.436. The van der Waals surface area contributed by atoms with Crippen LogP contribution >= 0.6 is 35.7 Å². The zero-order valence-electron chi connectivity index (χ0n) is 14.6. The minimum absolute atomic E-state index is 0. The van der Waals surface area contributed by atoms with E-state index >= 15 is 0 Å². The Bertz CT molecular complexity index is 519. The van der Waals surface area contributed by atoms with Crippen molar-refractivity contribution >= 4 is 41.7 Å². The van der Waals surface area contributed by atoms with E-state index in [-0.39, 0.29) is 24.0 Å². The van der Waals surface area contributed by atoms with Crippen molar-refractivity contribution in [2.45, 2.75) is 38.9 Å². The average Bonchev–Trinajstić information content (AvgIpc) is 2.47. The molecule has 130 valence electrons. The Balaban J connectivity index is 0.00000264. The van der Waals surface area contributed by atoms with Gasteiger partial charge in [0.1, 0.15) is 0 Å². The molecule has 6 heteroatoms. The van der Waals surface area contributed by atoms with Gasteiger partial charge in [-0.1, -0.05) is 0 Å². The van der Waals surface area contributed by atoms with Crippen LogP contribution in [0.1, 0.15) is 31.9 Å². The molecule has 2 rings (SSSR count). The second kappa shape index (κ2) is 9.71. The van der Waals surface area contributed by atoms with E-state index in [0.717, 1.165) is 38.6 Å². The summed E-state index contributed by atoms with van der Waals surface area (Å²) in [7, 11) is 0. The van der Waals surface area contributed by atoms with Gasteiger partial charge in [0.05, 0.1) is 0 Å². The Morgan fingerprint density at radius 2 is 2.26 bits per heavy atom. The fourth-order valence-corrected chi connectivity index (χ4v) is 3.80. The van der Waals surface area contributed by atoms with Crippen molar-refractivity contribution in [2.24, 2.45) is 4.99 Å². The van der Waals surface area contributed by atoms with Crippen LogP contribution in [0.25, 0.3) is 0 Å². The van der Waals surface area contributed by atoms with Crippen LogP contribution in [-0.2, 0) is 6.42 Å². The van der Waals surface area contributed by atoms with Crippen molar-refractivity contribution in [2.75, 3.05) is 31.9 Å². The van der Waals surface area contributed by atoms with Crippen LogP contribution in [0.3, 0.4) is 0 Å². The van der Waals surface area contributed by atoms with Gasteiger partial charge in [-0.2, -0.15) is 11.8 Å². The predicted octanol–water partition coefficient (Wildman–Crippen LogP) is 3.34. The van der Waals surface area contributed by atoms with Crippen LogP contribution < -0.4 is 5.32 Å². The van der Waals surface area contributed by atoms with E-state index in [2.05, 4.69) is 60.7 Å². The van der Waals surface area contributed by atoms with E-state index in [1.807, 2.05) is 12.4 Å². The van der Waals surface area contributed by atoms with Crippen molar-refractivity contribution in [3.63, 3.8) is 0 Å². The molecule has 1 N–H and O–H groups in total. The molecule has 0 amide bonds. The van der Waals surface area contributed by atoms with E-state index < -0.39 is 0 Å².